The summed E-state index contributed by atoms with van der Waals surface area (Å²) in [5, 5.41) is 9.08. The lowest BCUT2D eigenvalue weighted by atomic mass is 9.97. The molecule has 18 heavy (non-hydrogen) atoms. The Morgan fingerprint density at radius 1 is 1.39 bits per heavy atom. The number of halogens is 1. The molecule has 1 aromatic rings. The van der Waals surface area contributed by atoms with Gasteiger partial charge in [0, 0.05) is 13.2 Å². The van der Waals surface area contributed by atoms with E-state index in [4.69, 9.17) is 9.84 Å². The first-order valence-electron chi connectivity index (χ1n) is 6.38. The Morgan fingerprint density at radius 2 is 2.11 bits per heavy atom. The summed E-state index contributed by atoms with van der Waals surface area (Å²) in [6.07, 6.45) is 2.05. The molecular formula is C14H20FNO2. The van der Waals surface area contributed by atoms with E-state index in [1.807, 2.05) is 6.07 Å². The second kappa shape index (κ2) is 6.16. The molecule has 2 rings (SSSR count). The fraction of sp³-hybridized carbons (Fsp3) is 0.571. The van der Waals surface area contributed by atoms with Crippen LogP contribution in [-0.4, -0.2) is 36.8 Å². The topological polar surface area (TPSA) is 32.7 Å². The van der Waals surface area contributed by atoms with Crippen molar-refractivity contribution < 1.29 is 14.2 Å². The van der Waals surface area contributed by atoms with Crippen molar-refractivity contribution in [2.24, 2.45) is 5.92 Å². The van der Waals surface area contributed by atoms with E-state index in [9.17, 15) is 4.39 Å². The van der Waals surface area contributed by atoms with Crippen molar-refractivity contribution in [3.63, 3.8) is 0 Å². The summed E-state index contributed by atoms with van der Waals surface area (Å²) in [5.74, 6) is 0.423. The first-order chi connectivity index (χ1) is 8.72. The van der Waals surface area contributed by atoms with E-state index in [0.29, 0.717) is 5.92 Å². The lowest BCUT2D eigenvalue weighted by Crippen LogP contribution is -2.34. The second-order valence-corrected chi connectivity index (χ2v) is 4.87. The summed E-state index contributed by atoms with van der Waals surface area (Å²) >= 11 is 0. The highest BCUT2D eigenvalue weighted by Crippen LogP contribution is 2.21. The number of nitrogens with zero attached hydrogens (tertiary/aromatic N) is 1. The Labute approximate surface area is 107 Å². The molecule has 1 aliphatic heterocycles. The average Bonchev–Trinajstić information content (AvgIpc) is 2.40. The summed E-state index contributed by atoms with van der Waals surface area (Å²) in [4.78, 5) is 2.30. The largest absolute Gasteiger partial charge is 0.494 e. The standard InChI is InChI=1S/C14H20FNO2/c1-18-14-3-2-12(8-13(14)15)9-16-6-4-11(10-17)5-7-16/h2-3,8,11,17H,4-7,9-10H2,1H3. The normalized spacial score (nSPS) is 17.9. The molecule has 100 valence electrons. The minimum absolute atomic E-state index is 0.283. The van der Waals surface area contributed by atoms with Gasteiger partial charge in [-0.25, -0.2) is 4.39 Å². The van der Waals surface area contributed by atoms with E-state index in [2.05, 4.69) is 4.90 Å². The van der Waals surface area contributed by atoms with Crippen molar-refractivity contribution in [1.82, 2.24) is 4.90 Å². The molecule has 0 aliphatic carbocycles. The molecular weight excluding hydrogens is 233 g/mol. The van der Waals surface area contributed by atoms with Crippen LogP contribution < -0.4 is 4.74 Å². The van der Waals surface area contributed by atoms with Gasteiger partial charge in [0.2, 0.25) is 0 Å². The van der Waals surface area contributed by atoms with Gasteiger partial charge >= 0.3 is 0 Å². The predicted molar refractivity (Wildman–Crippen MR) is 68.0 cm³/mol. The zero-order valence-electron chi connectivity index (χ0n) is 10.7. The maximum absolute atomic E-state index is 13.5. The Morgan fingerprint density at radius 3 is 2.67 bits per heavy atom. The summed E-state index contributed by atoms with van der Waals surface area (Å²) in [6.45, 7) is 2.99. The second-order valence-electron chi connectivity index (χ2n) is 4.87. The molecule has 0 bridgehead atoms. The Bertz CT molecular complexity index is 389. The third-order valence-electron chi connectivity index (χ3n) is 3.59. The molecule has 0 atom stereocenters. The Kier molecular flexibility index (Phi) is 4.55. The van der Waals surface area contributed by atoms with Gasteiger partial charge < -0.3 is 9.84 Å². The van der Waals surface area contributed by atoms with Gasteiger partial charge in [-0.1, -0.05) is 6.07 Å². The molecule has 0 saturated carbocycles. The molecule has 3 nitrogen and oxygen atoms in total. The van der Waals surface area contributed by atoms with E-state index < -0.39 is 0 Å². The molecule has 1 saturated heterocycles. The molecule has 0 aromatic heterocycles. The highest BCUT2D eigenvalue weighted by atomic mass is 19.1. The first kappa shape index (κ1) is 13.3. The van der Waals surface area contributed by atoms with Crippen molar-refractivity contribution in [2.75, 3.05) is 26.8 Å². The number of aliphatic hydroxyl groups is 1. The molecule has 0 amide bonds. The van der Waals surface area contributed by atoms with Crippen LogP contribution >= 0.6 is 0 Å². The zero-order chi connectivity index (χ0) is 13.0. The van der Waals surface area contributed by atoms with Crippen molar-refractivity contribution in [3.05, 3.63) is 29.6 Å². The van der Waals surface area contributed by atoms with Crippen LogP contribution in [-0.2, 0) is 6.54 Å². The smallest absolute Gasteiger partial charge is 0.165 e. The Hall–Kier alpha value is -1.13. The van der Waals surface area contributed by atoms with Gasteiger partial charge in [0.05, 0.1) is 7.11 Å². The molecule has 1 aromatic carbocycles. The van der Waals surface area contributed by atoms with E-state index in [0.717, 1.165) is 38.0 Å². The molecule has 0 radical (unpaired) electrons. The van der Waals surface area contributed by atoms with Crippen LogP contribution in [0.25, 0.3) is 0 Å². The molecule has 1 aliphatic rings. The maximum Gasteiger partial charge on any atom is 0.165 e. The number of hydrogen-bond donors (Lipinski definition) is 1. The van der Waals surface area contributed by atoms with Gasteiger partial charge in [0.25, 0.3) is 0 Å². The van der Waals surface area contributed by atoms with Crippen LogP contribution in [0.3, 0.4) is 0 Å². The number of aliphatic hydroxyl groups excluding tert-OH is 1. The quantitative estimate of drug-likeness (QED) is 0.891. The van der Waals surface area contributed by atoms with Gasteiger partial charge in [-0.3, -0.25) is 4.90 Å². The van der Waals surface area contributed by atoms with Gasteiger partial charge in [-0.2, -0.15) is 0 Å². The van der Waals surface area contributed by atoms with Crippen molar-refractivity contribution in [3.8, 4) is 5.75 Å². The van der Waals surface area contributed by atoms with Gasteiger partial charge in [0.15, 0.2) is 11.6 Å². The molecule has 1 fully saturated rings. The fourth-order valence-corrected chi connectivity index (χ4v) is 2.39. The number of rotatable bonds is 4. The predicted octanol–water partition coefficient (Wildman–Crippen LogP) is 2.04. The summed E-state index contributed by atoms with van der Waals surface area (Å²) in [7, 11) is 1.47. The Balaban J connectivity index is 1.92. The summed E-state index contributed by atoms with van der Waals surface area (Å²) < 4.78 is 18.4. The zero-order valence-corrected chi connectivity index (χ0v) is 10.7. The number of ether oxygens (including phenoxy) is 1. The number of benzene rings is 1. The van der Waals surface area contributed by atoms with Crippen molar-refractivity contribution >= 4 is 0 Å². The fourth-order valence-electron chi connectivity index (χ4n) is 2.39. The lowest BCUT2D eigenvalue weighted by molar-refractivity contribution is 0.127. The van der Waals surface area contributed by atoms with Crippen LogP contribution in [0.5, 0.6) is 5.75 Å². The molecule has 1 heterocycles. The van der Waals surface area contributed by atoms with E-state index in [-0.39, 0.29) is 18.2 Å². The van der Waals surface area contributed by atoms with Gasteiger partial charge in [0.1, 0.15) is 0 Å². The van der Waals surface area contributed by atoms with Crippen LogP contribution in [0.4, 0.5) is 4.39 Å². The van der Waals surface area contributed by atoms with Gasteiger partial charge in [-0.15, -0.1) is 0 Å². The monoisotopic (exact) mass is 253 g/mol. The summed E-state index contributed by atoms with van der Waals surface area (Å²) in [6, 6.07) is 5.11. The van der Waals surface area contributed by atoms with Crippen molar-refractivity contribution in [2.45, 2.75) is 19.4 Å². The number of methoxy groups -OCH3 is 1. The minimum atomic E-state index is -0.305. The average molecular weight is 253 g/mol. The van der Waals surface area contributed by atoms with Gasteiger partial charge in [-0.05, 0) is 49.5 Å². The highest BCUT2D eigenvalue weighted by Gasteiger charge is 2.18. The van der Waals surface area contributed by atoms with E-state index in [1.165, 1.54) is 13.2 Å². The van der Waals surface area contributed by atoms with Crippen LogP contribution in [0, 0.1) is 11.7 Å². The molecule has 1 N–H and O–H groups in total. The number of hydrogen-bond acceptors (Lipinski definition) is 3. The SMILES string of the molecule is COc1ccc(CN2CCC(CO)CC2)cc1F. The third-order valence-corrected chi connectivity index (χ3v) is 3.59. The number of piperidine rings is 1. The van der Waals surface area contributed by atoms with Crippen LogP contribution in [0.1, 0.15) is 18.4 Å². The molecule has 0 spiro atoms. The first-order valence-corrected chi connectivity index (χ1v) is 6.38. The van der Waals surface area contributed by atoms with E-state index in [1.54, 1.807) is 6.07 Å². The molecule has 0 unspecified atom stereocenters. The maximum atomic E-state index is 13.5. The minimum Gasteiger partial charge on any atom is -0.494 e. The number of likely N-dealkylation sites (tertiary alicyclic amines) is 1. The lowest BCUT2D eigenvalue weighted by Gasteiger charge is -2.31. The molecule has 4 heteroatoms. The summed E-state index contributed by atoms with van der Waals surface area (Å²) in [5.41, 5.74) is 0.968. The van der Waals surface area contributed by atoms with Crippen LogP contribution in [0.15, 0.2) is 18.2 Å². The van der Waals surface area contributed by atoms with Crippen LogP contribution in [0.2, 0.25) is 0 Å². The highest BCUT2D eigenvalue weighted by molar-refractivity contribution is 5.29. The third kappa shape index (κ3) is 3.21. The van der Waals surface area contributed by atoms with Crippen molar-refractivity contribution in [1.29, 1.82) is 0 Å². The van der Waals surface area contributed by atoms with E-state index >= 15 is 0 Å².